The van der Waals surface area contributed by atoms with Crippen LogP contribution in [0.15, 0.2) is 18.2 Å². The van der Waals surface area contributed by atoms with Crippen LogP contribution >= 0.6 is 0 Å². The molecule has 7 nitrogen and oxygen atoms in total. The SMILES string of the molecule is O=C1CCC(N2Cc3ccc(CNC4C[C@H]5CNC[C@@H](C4)C5)cc3C2=O)C(=O)N1. The van der Waals surface area contributed by atoms with Crippen LogP contribution < -0.4 is 16.0 Å². The first-order chi connectivity index (χ1) is 14.1. The molecule has 7 heteroatoms. The molecule has 5 rings (SSSR count). The largest absolute Gasteiger partial charge is 0.322 e. The van der Waals surface area contributed by atoms with E-state index in [0.29, 0.717) is 24.6 Å². The van der Waals surface area contributed by atoms with Gasteiger partial charge in [-0.25, -0.2) is 0 Å². The van der Waals surface area contributed by atoms with E-state index < -0.39 is 6.04 Å². The average molecular weight is 396 g/mol. The molecular formula is C22H28N4O3. The predicted octanol–water partition coefficient (Wildman–Crippen LogP) is 0.925. The second-order valence-corrected chi connectivity index (χ2v) is 9.07. The third-order valence-corrected chi connectivity index (χ3v) is 6.96. The van der Waals surface area contributed by atoms with Gasteiger partial charge in [0.2, 0.25) is 11.8 Å². The summed E-state index contributed by atoms with van der Waals surface area (Å²) in [7, 11) is 0. The lowest BCUT2D eigenvalue weighted by atomic mass is 9.76. The molecule has 2 unspecified atom stereocenters. The number of nitrogens with one attached hydrogen (secondary N) is 3. The Morgan fingerprint density at radius 2 is 1.86 bits per heavy atom. The third-order valence-electron chi connectivity index (χ3n) is 6.96. The Hall–Kier alpha value is -2.25. The minimum Gasteiger partial charge on any atom is -0.322 e. The zero-order valence-electron chi connectivity index (χ0n) is 16.6. The average Bonchev–Trinajstić information content (AvgIpc) is 3.02. The van der Waals surface area contributed by atoms with Crippen molar-refractivity contribution in [3.05, 3.63) is 34.9 Å². The fourth-order valence-electron chi connectivity index (χ4n) is 5.53. The maximum Gasteiger partial charge on any atom is 0.255 e. The number of carbonyl (C=O) groups is 3. The van der Waals surface area contributed by atoms with Gasteiger partial charge in [-0.2, -0.15) is 0 Å². The number of benzene rings is 1. The summed E-state index contributed by atoms with van der Waals surface area (Å²) in [5.74, 6) is 0.843. The van der Waals surface area contributed by atoms with Gasteiger partial charge >= 0.3 is 0 Å². The van der Waals surface area contributed by atoms with Crippen molar-refractivity contribution in [3.63, 3.8) is 0 Å². The number of rotatable bonds is 4. The summed E-state index contributed by atoms with van der Waals surface area (Å²) in [6.45, 7) is 3.47. The first-order valence-electron chi connectivity index (χ1n) is 10.8. The maximum atomic E-state index is 12.9. The number of amides is 3. The van der Waals surface area contributed by atoms with Gasteiger partial charge in [-0.1, -0.05) is 12.1 Å². The lowest BCUT2D eigenvalue weighted by Gasteiger charge is -2.39. The zero-order valence-corrected chi connectivity index (χ0v) is 16.6. The highest BCUT2D eigenvalue weighted by atomic mass is 16.2. The van der Waals surface area contributed by atoms with Crippen LogP contribution in [-0.4, -0.2) is 47.8 Å². The number of imide groups is 1. The molecule has 154 valence electrons. The lowest BCUT2D eigenvalue weighted by Crippen LogP contribution is -2.52. The highest BCUT2D eigenvalue weighted by molar-refractivity contribution is 6.05. The molecule has 1 aliphatic carbocycles. The monoisotopic (exact) mass is 396 g/mol. The highest BCUT2D eigenvalue weighted by Crippen LogP contribution is 2.32. The van der Waals surface area contributed by atoms with Crippen LogP contribution in [0.3, 0.4) is 0 Å². The van der Waals surface area contributed by atoms with Gasteiger partial charge in [-0.15, -0.1) is 0 Å². The van der Waals surface area contributed by atoms with Gasteiger partial charge in [0.05, 0.1) is 0 Å². The van der Waals surface area contributed by atoms with Crippen molar-refractivity contribution in [3.8, 4) is 0 Å². The molecule has 3 amide bonds. The summed E-state index contributed by atoms with van der Waals surface area (Å²) in [5.41, 5.74) is 2.76. The lowest BCUT2D eigenvalue weighted by molar-refractivity contribution is -0.136. The van der Waals surface area contributed by atoms with Crippen LogP contribution in [0.25, 0.3) is 0 Å². The molecule has 0 spiro atoms. The van der Waals surface area contributed by atoms with Gasteiger partial charge < -0.3 is 15.5 Å². The van der Waals surface area contributed by atoms with Crippen molar-refractivity contribution in [2.24, 2.45) is 11.8 Å². The summed E-state index contributed by atoms with van der Waals surface area (Å²) in [5, 5.41) is 9.59. The van der Waals surface area contributed by atoms with Crippen LogP contribution in [0.1, 0.15) is 53.6 Å². The van der Waals surface area contributed by atoms with Gasteiger partial charge in [0.25, 0.3) is 5.91 Å². The Morgan fingerprint density at radius 3 is 2.62 bits per heavy atom. The smallest absolute Gasteiger partial charge is 0.255 e. The Morgan fingerprint density at radius 1 is 1.07 bits per heavy atom. The van der Waals surface area contributed by atoms with Gasteiger partial charge in [0.1, 0.15) is 6.04 Å². The number of fused-ring (bicyclic) bond motifs is 3. The number of piperidine rings is 2. The number of nitrogens with zero attached hydrogens (tertiary/aromatic N) is 1. The molecule has 2 bridgehead atoms. The van der Waals surface area contributed by atoms with E-state index in [0.717, 1.165) is 42.6 Å². The van der Waals surface area contributed by atoms with Crippen LogP contribution in [0, 0.1) is 11.8 Å². The summed E-state index contributed by atoms with van der Waals surface area (Å²) in [6.07, 6.45) is 4.48. The van der Waals surface area contributed by atoms with Crippen LogP contribution in [0.4, 0.5) is 0 Å². The van der Waals surface area contributed by atoms with Gasteiger partial charge in [-0.05, 0) is 67.8 Å². The van der Waals surface area contributed by atoms with E-state index in [9.17, 15) is 14.4 Å². The zero-order chi connectivity index (χ0) is 20.0. The summed E-state index contributed by atoms with van der Waals surface area (Å²) < 4.78 is 0. The molecule has 3 aliphatic heterocycles. The molecule has 0 aromatic heterocycles. The second-order valence-electron chi connectivity index (χ2n) is 9.07. The normalized spacial score (nSPS) is 31.6. The van der Waals surface area contributed by atoms with Gasteiger partial charge in [0, 0.05) is 31.1 Å². The van der Waals surface area contributed by atoms with Crippen molar-refractivity contribution >= 4 is 17.7 Å². The molecule has 1 aromatic carbocycles. The molecule has 4 aliphatic rings. The minimum absolute atomic E-state index is 0.102. The summed E-state index contributed by atoms with van der Waals surface area (Å²) in [4.78, 5) is 38.1. The van der Waals surface area contributed by atoms with E-state index in [2.05, 4.69) is 22.0 Å². The molecule has 2 saturated heterocycles. The number of hydrogen-bond acceptors (Lipinski definition) is 5. The molecule has 4 atom stereocenters. The predicted molar refractivity (Wildman–Crippen MR) is 107 cm³/mol. The van der Waals surface area contributed by atoms with Crippen LogP contribution in [0.5, 0.6) is 0 Å². The quantitative estimate of drug-likeness (QED) is 0.659. The second kappa shape index (κ2) is 7.54. The van der Waals surface area contributed by atoms with Crippen molar-refractivity contribution < 1.29 is 14.4 Å². The van der Waals surface area contributed by atoms with E-state index in [1.807, 2.05) is 12.1 Å². The van der Waals surface area contributed by atoms with Crippen molar-refractivity contribution in [1.82, 2.24) is 20.9 Å². The van der Waals surface area contributed by atoms with Gasteiger partial charge in [-0.3, -0.25) is 19.7 Å². The minimum atomic E-state index is -0.551. The molecule has 3 fully saturated rings. The Balaban J connectivity index is 1.23. The fourth-order valence-corrected chi connectivity index (χ4v) is 5.53. The number of carbonyl (C=O) groups excluding carboxylic acids is 3. The van der Waals surface area contributed by atoms with E-state index in [4.69, 9.17) is 0 Å². The van der Waals surface area contributed by atoms with E-state index in [-0.39, 0.29) is 24.1 Å². The molecule has 1 aromatic rings. The van der Waals surface area contributed by atoms with Crippen molar-refractivity contribution in [2.75, 3.05) is 13.1 Å². The summed E-state index contributed by atoms with van der Waals surface area (Å²) >= 11 is 0. The van der Waals surface area contributed by atoms with Gasteiger partial charge in [0.15, 0.2) is 0 Å². The molecule has 1 saturated carbocycles. The van der Waals surface area contributed by atoms with Crippen LogP contribution in [-0.2, 0) is 22.7 Å². The first-order valence-corrected chi connectivity index (χ1v) is 10.8. The molecule has 3 heterocycles. The van der Waals surface area contributed by atoms with E-state index in [1.165, 1.54) is 19.3 Å². The highest BCUT2D eigenvalue weighted by Gasteiger charge is 2.39. The van der Waals surface area contributed by atoms with E-state index in [1.54, 1.807) is 4.90 Å². The Bertz CT molecular complexity index is 842. The van der Waals surface area contributed by atoms with Crippen molar-refractivity contribution in [2.45, 2.75) is 57.3 Å². The maximum absolute atomic E-state index is 12.9. The van der Waals surface area contributed by atoms with Crippen LogP contribution in [0.2, 0.25) is 0 Å². The summed E-state index contributed by atoms with van der Waals surface area (Å²) in [6, 6.07) is 6.06. The molecule has 3 N–H and O–H groups in total. The van der Waals surface area contributed by atoms with E-state index >= 15 is 0 Å². The topological polar surface area (TPSA) is 90.5 Å². The fraction of sp³-hybridized carbons (Fsp3) is 0.591. The molecule has 29 heavy (non-hydrogen) atoms. The molecular weight excluding hydrogens is 368 g/mol. The Labute approximate surface area is 170 Å². The van der Waals surface area contributed by atoms with Crippen molar-refractivity contribution in [1.29, 1.82) is 0 Å². The number of hydrogen-bond donors (Lipinski definition) is 3. The Kier molecular flexibility index (Phi) is 4.87. The first kappa shape index (κ1) is 18.8. The molecule has 0 radical (unpaired) electrons. The third kappa shape index (κ3) is 3.69. The standard InChI is InChI=1S/C22H28N4O3/c27-20-4-3-19(21(28)25-20)26-12-16-2-1-13(8-18(16)22(26)29)11-24-17-6-14-5-15(7-17)10-23-9-14/h1-2,8,14-15,17,19,23-24H,3-7,9-12H2,(H,25,27,28)/t14-,15+,17?,19?.